The first-order chi connectivity index (χ1) is 14.8. The number of anilines is 1. The number of benzene rings is 2. The van der Waals surface area contributed by atoms with Gasteiger partial charge >= 0.3 is 5.63 Å². The van der Waals surface area contributed by atoms with E-state index in [2.05, 4.69) is 6.07 Å². The number of hydrogen-bond acceptors (Lipinski definition) is 5. The fourth-order valence-electron chi connectivity index (χ4n) is 3.91. The monoisotopic (exact) mass is 413 g/mol. The van der Waals surface area contributed by atoms with Gasteiger partial charge in [-0.1, -0.05) is 55.8 Å². The van der Waals surface area contributed by atoms with Gasteiger partial charge in [-0.2, -0.15) is 5.26 Å². The molecule has 0 aliphatic heterocycles. The number of aromatic hydroxyl groups is 1. The number of aryl methyl sites for hydroxylation is 1. The molecule has 0 saturated heterocycles. The highest BCUT2D eigenvalue weighted by atomic mass is 16.4. The summed E-state index contributed by atoms with van der Waals surface area (Å²) in [5.74, 6) is 0.251. The van der Waals surface area contributed by atoms with Gasteiger partial charge in [0.25, 0.3) is 0 Å². The van der Waals surface area contributed by atoms with E-state index in [1.54, 1.807) is 28.8 Å². The molecule has 3 N–H and O–H groups in total. The molecule has 2 aromatic heterocycles. The Labute approximate surface area is 179 Å². The predicted molar refractivity (Wildman–Crippen MR) is 122 cm³/mol. The minimum absolute atomic E-state index is 0.00289. The van der Waals surface area contributed by atoms with Crippen molar-refractivity contribution < 1.29 is 9.52 Å². The molecule has 2 aromatic carbocycles. The summed E-state index contributed by atoms with van der Waals surface area (Å²) in [6.45, 7) is 6.47. The topological polar surface area (TPSA) is 105 Å². The zero-order valence-corrected chi connectivity index (χ0v) is 17.6. The van der Waals surface area contributed by atoms with Crippen LogP contribution < -0.4 is 11.4 Å². The molecule has 6 heteroatoms. The van der Waals surface area contributed by atoms with E-state index < -0.39 is 5.63 Å². The van der Waals surface area contributed by atoms with Gasteiger partial charge in [-0.3, -0.25) is 0 Å². The van der Waals surface area contributed by atoms with Crippen LogP contribution in [0.25, 0.3) is 33.4 Å². The van der Waals surface area contributed by atoms with E-state index in [-0.39, 0.29) is 28.6 Å². The van der Waals surface area contributed by atoms with Crippen LogP contribution in [0.4, 0.5) is 5.82 Å². The molecule has 31 heavy (non-hydrogen) atoms. The van der Waals surface area contributed by atoms with Crippen molar-refractivity contribution in [1.29, 1.82) is 5.26 Å². The number of nitrogens with zero attached hydrogens (tertiary/aromatic N) is 2. The van der Waals surface area contributed by atoms with Gasteiger partial charge in [0.15, 0.2) is 0 Å². The number of aromatic nitrogens is 1. The molecule has 4 rings (SSSR count). The zero-order valence-electron chi connectivity index (χ0n) is 17.6. The van der Waals surface area contributed by atoms with Gasteiger partial charge < -0.3 is 19.8 Å². The molecule has 0 unspecified atom stereocenters. The molecule has 0 aliphatic rings. The van der Waals surface area contributed by atoms with Crippen molar-refractivity contribution in [2.45, 2.75) is 27.3 Å². The fraction of sp³-hybridized carbons (Fsp3) is 0.200. The molecule has 2 heterocycles. The third-order valence-corrected chi connectivity index (χ3v) is 5.33. The normalized spacial score (nSPS) is 11.2. The summed E-state index contributed by atoms with van der Waals surface area (Å²) < 4.78 is 7.26. The highest BCUT2D eigenvalue weighted by Gasteiger charge is 2.29. The summed E-state index contributed by atoms with van der Waals surface area (Å²) in [6.07, 6.45) is 0. The lowest BCUT2D eigenvalue weighted by atomic mass is 9.96. The van der Waals surface area contributed by atoms with E-state index in [0.717, 1.165) is 11.1 Å². The van der Waals surface area contributed by atoms with Crippen LogP contribution in [0.1, 0.15) is 25.0 Å². The Kier molecular flexibility index (Phi) is 5.04. The standard InChI is InChI=1S/C25H23N3O3/c1-14(2)13-28-22(21-23(29)17-6-4-5-7-19(17)31-25(21)30)20(18(12-26)24(28)27)16-10-8-15(3)9-11-16/h4-11,14,29H,13,27H2,1-3H3. The van der Waals surface area contributed by atoms with Crippen LogP contribution in [0.3, 0.4) is 0 Å². The number of nitriles is 1. The highest BCUT2D eigenvalue weighted by Crippen LogP contribution is 2.44. The van der Waals surface area contributed by atoms with E-state index in [0.29, 0.717) is 28.8 Å². The van der Waals surface area contributed by atoms with Gasteiger partial charge in [0.1, 0.15) is 34.3 Å². The second kappa shape index (κ2) is 7.69. The average Bonchev–Trinajstić information content (AvgIpc) is 3.00. The molecule has 0 amide bonds. The number of nitrogens with two attached hydrogens (primary N) is 1. The number of fused-ring (bicyclic) bond motifs is 1. The third kappa shape index (κ3) is 3.34. The van der Waals surface area contributed by atoms with Crippen molar-refractivity contribution in [3.8, 4) is 34.2 Å². The second-order valence-corrected chi connectivity index (χ2v) is 8.08. The maximum atomic E-state index is 13.1. The van der Waals surface area contributed by atoms with E-state index in [9.17, 15) is 15.2 Å². The van der Waals surface area contributed by atoms with Crippen molar-refractivity contribution >= 4 is 16.8 Å². The van der Waals surface area contributed by atoms with E-state index >= 15 is 0 Å². The molecule has 0 fully saturated rings. The summed E-state index contributed by atoms with van der Waals surface area (Å²) >= 11 is 0. The highest BCUT2D eigenvalue weighted by molar-refractivity contribution is 5.96. The Bertz CT molecular complexity index is 1390. The smallest absolute Gasteiger partial charge is 0.349 e. The summed E-state index contributed by atoms with van der Waals surface area (Å²) in [5.41, 5.74) is 8.99. The maximum absolute atomic E-state index is 13.1. The van der Waals surface area contributed by atoms with Crippen LogP contribution >= 0.6 is 0 Å². The van der Waals surface area contributed by atoms with Crippen molar-refractivity contribution in [3.05, 3.63) is 70.1 Å². The lowest BCUT2D eigenvalue weighted by Gasteiger charge is -2.16. The Morgan fingerprint density at radius 3 is 2.45 bits per heavy atom. The van der Waals surface area contributed by atoms with E-state index in [4.69, 9.17) is 10.2 Å². The SMILES string of the molecule is Cc1ccc(-c2c(C#N)c(N)n(CC(C)C)c2-c2c(O)c3ccccc3oc2=O)cc1. The lowest BCUT2D eigenvalue weighted by molar-refractivity contribution is 0.468. The zero-order chi connectivity index (χ0) is 22.3. The molecule has 0 bridgehead atoms. The largest absolute Gasteiger partial charge is 0.506 e. The van der Waals surface area contributed by atoms with Gasteiger partial charge in [-0.15, -0.1) is 0 Å². The summed E-state index contributed by atoms with van der Waals surface area (Å²) in [7, 11) is 0. The summed E-state index contributed by atoms with van der Waals surface area (Å²) in [5, 5.41) is 21.5. The van der Waals surface area contributed by atoms with Crippen molar-refractivity contribution in [3.63, 3.8) is 0 Å². The van der Waals surface area contributed by atoms with Gasteiger partial charge in [0.2, 0.25) is 0 Å². The first-order valence-electron chi connectivity index (χ1n) is 10.1. The lowest BCUT2D eigenvalue weighted by Crippen LogP contribution is -2.13. The van der Waals surface area contributed by atoms with Gasteiger partial charge in [0, 0.05) is 12.1 Å². The van der Waals surface area contributed by atoms with Gasteiger partial charge in [0.05, 0.1) is 11.1 Å². The molecular formula is C25H23N3O3. The molecule has 0 radical (unpaired) electrons. The average molecular weight is 413 g/mol. The van der Waals surface area contributed by atoms with Crippen LogP contribution in [-0.4, -0.2) is 9.67 Å². The van der Waals surface area contributed by atoms with Crippen LogP contribution in [0, 0.1) is 24.2 Å². The Balaban J connectivity index is 2.17. The first-order valence-corrected chi connectivity index (χ1v) is 10.1. The molecule has 156 valence electrons. The predicted octanol–water partition coefficient (Wildman–Crippen LogP) is 5.05. The van der Waals surface area contributed by atoms with Crippen molar-refractivity contribution in [1.82, 2.24) is 4.57 Å². The van der Waals surface area contributed by atoms with E-state index in [1.165, 1.54) is 0 Å². The van der Waals surface area contributed by atoms with Crippen LogP contribution in [0.2, 0.25) is 0 Å². The summed E-state index contributed by atoms with van der Waals surface area (Å²) in [4.78, 5) is 13.1. The van der Waals surface area contributed by atoms with Gasteiger partial charge in [-0.25, -0.2) is 4.79 Å². The second-order valence-electron chi connectivity index (χ2n) is 8.08. The maximum Gasteiger partial charge on any atom is 0.349 e. The molecule has 4 aromatic rings. The first kappa shape index (κ1) is 20.3. The van der Waals surface area contributed by atoms with Crippen LogP contribution in [0.15, 0.2) is 57.7 Å². The molecule has 0 spiro atoms. The van der Waals surface area contributed by atoms with Crippen LogP contribution in [0.5, 0.6) is 5.75 Å². The third-order valence-electron chi connectivity index (χ3n) is 5.33. The molecule has 0 atom stereocenters. The molecule has 0 saturated carbocycles. The molecular weight excluding hydrogens is 390 g/mol. The Hall–Kier alpha value is -3.98. The number of para-hydroxylation sites is 1. The molecule has 6 nitrogen and oxygen atoms in total. The van der Waals surface area contributed by atoms with Crippen molar-refractivity contribution in [2.24, 2.45) is 5.92 Å². The fourth-order valence-corrected chi connectivity index (χ4v) is 3.91. The van der Waals surface area contributed by atoms with Gasteiger partial charge in [-0.05, 0) is 30.5 Å². The number of rotatable bonds is 4. The Morgan fingerprint density at radius 2 is 1.81 bits per heavy atom. The molecule has 0 aliphatic carbocycles. The Morgan fingerprint density at radius 1 is 1.13 bits per heavy atom. The summed E-state index contributed by atoms with van der Waals surface area (Å²) in [6, 6.07) is 16.6. The van der Waals surface area contributed by atoms with Crippen LogP contribution in [-0.2, 0) is 6.54 Å². The minimum atomic E-state index is -0.684. The minimum Gasteiger partial charge on any atom is -0.506 e. The number of nitrogen functional groups attached to an aromatic ring is 1. The van der Waals surface area contributed by atoms with Crippen molar-refractivity contribution in [2.75, 3.05) is 5.73 Å². The number of hydrogen-bond donors (Lipinski definition) is 2. The van der Waals surface area contributed by atoms with E-state index in [1.807, 2.05) is 45.0 Å². The quantitative estimate of drug-likeness (QED) is 0.455.